The quantitative estimate of drug-likeness (QED) is 0.680. The van der Waals surface area contributed by atoms with Crippen molar-refractivity contribution >= 4 is 17.1 Å². The van der Waals surface area contributed by atoms with Gasteiger partial charge in [-0.2, -0.15) is 4.98 Å². The molecule has 0 fully saturated rings. The number of nitrogens with one attached hydrogen (secondary N) is 1. The van der Waals surface area contributed by atoms with Crippen LogP contribution in [0.25, 0.3) is 11.2 Å². The van der Waals surface area contributed by atoms with Gasteiger partial charge in [0.1, 0.15) is 0 Å². The zero-order valence-electron chi connectivity index (χ0n) is 11.5. The van der Waals surface area contributed by atoms with Crippen molar-refractivity contribution in [3.05, 3.63) is 33.5 Å². The van der Waals surface area contributed by atoms with Crippen LogP contribution in [0, 0.1) is 0 Å². The Labute approximate surface area is 114 Å². The molecule has 2 N–H and O–H groups in total. The molecule has 0 unspecified atom stereocenters. The molecule has 0 amide bonds. The molecule has 0 saturated carbocycles. The van der Waals surface area contributed by atoms with Gasteiger partial charge in [0.15, 0.2) is 11.2 Å². The molecule has 0 bridgehead atoms. The number of rotatable bonds is 5. The van der Waals surface area contributed by atoms with Crippen molar-refractivity contribution < 1.29 is 5.11 Å². The first kappa shape index (κ1) is 14.1. The lowest BCUT2D eigenvalue weighted by atomic mass is 10.5. The van der Waals surface area contributed by atoms with Crippen LogP contribution < -0.4 is 16.1 Å². The molecular formula is C12H17N5O3. The van der Waals surface area contributed by atoms with Crippen molar-refractivity contribution in [3.8, 4) is 0 Å². The van der Waals surface area contributed by atoms with Crippen LogP contribution in [-0.2, 0) is 14.1 Å². The summed E-state index contributed by atoms with van der Waals surface area (Å²) in [6.45, 7) is 4.40. The van der Waals surface area contributed by atoms with Crippen molar-refractivity contribution in [1.29, 1.82) is 0 Å². The number of fused-ring (bicyclic) bond motifs is 1. The van der Waals surface area contributed by atoms with E-state index in [2.05, 4.69) is 16.5 Å². The predicted octanol–water partition coefficient (Wildman–Crippen LogP) is -1.05. The standard InChI is InChI=1S/C12H17N5O3/c1-4-5-17(6-7-18)11-13-8-9(14-11)15(2)12(20)16(3)10(8)19/h4,18H,1,5-7H2,2-3H3,(H,13,14). The highest BCUT2D eigenvalue weighted by Crippen LogP contribution is 2.12. The van der Waals surface area contributed by atoms with Gasteiger partial charge >= 0.3 is 5.69 Å². The molecule has 0 radical (unpaired) electrons. The second kappa shape index (κ2) is 5.33. The summed E-state index contributed by atoms with van der Waals surface area (Å²) in [6, 6.07) is 0. The Morgan fingerprint density at radius 3 is 2.70 bits per heavy atom. The Kier molecular flexibility index (Phi) is 3.75. The Balaban J connectivity index is 2.67. The third-order valence-electron chi connectivity index (χ3n) is 3.10. The van der Waals surface area contributed by atoms with E-state index in [0.29, 0.717) is 24.7 Å². The maximum atomic E-state index is 12.0. The first-order valence-electron chi connectivity index (χ1n) is 6.13. The summed E-state index contributed by atoms with van der Waals surface area (Å²) in [5.41, 5.74) is -0.306. The highest BCUT2D eigenvalue weighted by Gasteiger charge is 2.16. The second-order valence-electron chi connectivity index (χ2n) is 4.42. The average molecular weight is 279 g/mol. The first-order chi connectivity index (χ1) is 9.51. The molecule has 0 spiro atoms. The predicted molar refractivity (Wildman–Crippen MR) is 76.1 cm³/mol. The molecule has 0 aliphatic carbocycles. The lowest BCUT2D eigenvalue weighted by Crippen LogP contribution is -2.36. The molecule has 20 heavy (non-hydrogen) atoms. The highest BCUT2D eigenvalue weighted by atomic mass is 16.3. The van der Waals surface area contributed by atoms with Crippen LogP contribution >= 0.6 is 0 Å². The molecule has 0 aliphatic rings. The Hall–Kier alpha value is -2.35. The number of imidazole rings is 1. The van der Waals surface area contributed by atoms with Gasteiger partial charge in [-0.3, -0.25) is 13.9 Å². The van der Waals surface area contributed by atoms with E-state index in [0.717, 1.165) is 4.57 Å². The largest absolute Gasteiger partial charge is 0.395 e. The van der Waals surface area contributed by atoms with Crippen molar-refractivity contribution in [2.75, 3.05) is 24.6 Å². The number of H-pyrrole nitrogens is 1. The molecule has 108 valence electrons. The fourth-order valence-electron chi connectivity index (χ4n) is 2.02. The maximum absolute atomic E-state index is 12.0. The summed E-state index contributed by atoms with van der Waals surface area (Å²) in [7, 11) is 2.97. The van der Waals surface area contributed by atoms with Crippen LogP contribution in [0.15, 0.2) is 22.2 Å². The van der Waals surface area contributed by atoms with Crippen LogP contribution in [0.3, 0.4) is 0 Å². The van der Waals surface area contributed by atoms with Crippen LogP contribution in [-0.4, -0.2) is 43.9 Å². The fraction of sp³-hybridized carbons (Fsp3) is 0.417. The average Bonchev–Trinajstić information content (AvgIpc) is 2.88. The molecule has 2 aromatic heterocycles. The molecule has 8 heteroatoms. The summed E-state index contributed by atoms with van der Waals surface area (Å²) < 4.78 is 2.33. The molecule has 0 saturated heterocycles. The van der Waals surface area contributed by atoms with Gasteiger partial charge in [-0.15, -0.1) is 6.58 Å². The van der Waals surface area contributed by atoms with Crippen LogP contribution in [0.2, 0.25) is 0 Å². The minimum Gasteiger partial charge on any atom is -0.395 e. The minimum absolute atomic E-state index is 0.0537. The van der Waals surface area contributed by atoms with Crippen molar-refractivity contribution in [2.45, 2.75) is 0 Å². The summed E-state index contributed by atoms with van der Waals surface area (Å²) in [5, 5.41) is 9.06. The lowest BCUT2D eigenvalue weighted by Gasteiger charge is -2.18. The van der Waals surface area contributed by atoms with Gasteiger partial charge in [0.2, 0.25) is 5.95 Å². The van der Waals surface area contributed by atoms with Gasteiger partial charge in [-0.25, -0.2) is 4.79 Å². The van der Waals surface area contributed by atoms with E-state index < -0.39 is 11.2 Å². The van der Waals surface area contributed by atoms with Gasteiger partial charge in [0, 0.05) is 27.2 Å². The summed E-state index contributed by atoms with van der Waals surface area (Å²) in [5.74, 6) is 0.423. The highest BCUT2D eigenvalue weighted by molar-refractivity contribution is 5.73. The number of nitrogens with zero attached hydrogens (tertiary/aromatic N) is 4. The number of aryl methyl sites for hydroxylation is 1. The van der Waals surface area contributed by atoms with E-state index in [1.54, 1.807) is 18.0 Å². The minimum atomic E-state index is -0.432. The van der Waals surface area contributed by atoms with Crippen LogP contribution in [0.5, 0.6) is 0 Å². The van der Waals surface area contributed by atoms with Gasteiger partial charge in [0.05, 0.1) is 6.61 Å². The molecule has 0 aromatic carbocycles. The van der Waals surface area contributed by atoms with E-state index >= 15 is 0 Å². The zero-order valence-corrected chi connectivity index (χ0v) is 11.5. The Morgan fingerprint density at radius 2 is 2.10 bits per heavy atom. The molecule has 2 rings (SSSR count). The number of aliphatic hydroxyl groups excluding tert-OH is 1. The monoisotopic (exact) mass is 279 g/mol. The number of hydrogen-bond acceptors (Lipinski definition) is 5. The molecule has 2 heterocycles. The fourth-order valence-corrected chi connectivity index (χ4v) is 2.02. The Morgan fingerprint density at radius 1 is 1.40 bits per heavy atom. The van der Waals surface area contributed by atoms with E-state index in [1.807, 2.05) is 0 Å². The normalized spacial score (nSPS) is 10.9. The molecular weight excluding hydrogens is 262 g/mol. The van der Waals surface area contributed by atoms with Gasteiger partial charge in [-0.1, -0.05) is 6.08 Å². The van der Waals surface area contributed by atoms with Crippen molar-refractivity contribution in [2.24, 2.45) is 14.1 Å². The molecule has 0 aliphatic heterocycles. The Bertz CT molecular complexity index is 755. The van der Waals surface area contributed by atoms with E-state index in [4.69, 9.17) is 5.11 Å². The first-order valence-corrected chi connectivity index (χ1v) is 6.13. The SMILES string of the molecule is C=CCN(CCO)c1nc2c([nH]1)c(=O)n(C)c(=O)n2C. The van der Waals surface area contributed by atoms with Crippen molar-refractivity contribution in [3.63, 3.8) is 0 Å². The number of hydrogen-bond donors (Lipinski definition) is 2. The van der Waals surface area contributed by atoms with E-state index in [9.17, 15) is 9.59 Å². The summed E-state index contributed by atoms with van der Waals surface area (Å²) in [6.07, 6.45) is 1.67. The smallest absolute Gasteiger partial charge is 0.332 e. The van der Waals surface area contributed by atoms with E-state index in [1.165, 1.54) is 11.6 Å². The molecule has 0 atom stereocenters. The van der Waals surface area contributed by atoms with Gasteiger partial charge in [-0.05, 0) is 0 Å². The van der Waals surface area contributed by atoms with Gasteiger partial charge < -0.3 is 15.0 Å². The van der Waals surface area contributed by atoms with Crippen molar-refractivity contribution in [1.82, 2.24) is 19.1 Å². The number of anilines is 1. The van der Waals surface area contributed by atoms with Gasteiger partial charge in [0.25, 0.3) is 5.56 Å². The summed E-state index contributed by atoms with van der Waals surface area (Å²) >= 11 is 0. The third kappa shape index (κ3) is 2.14. The maximum Gasteiger partial charge on any atom is 0.332 e. The van der Waals surface area contributed by atoms with Crippen LogP contribution in [0.1, 0.15) is 0 Å². The number of aromatic amines is 1. The number of aromatic nitrogens is 4. The molecule has 8 nitrogen and oxygen atoms in total. The second-order valence-corrected chi connectivity index (χ2v) is 4.42. The topological polar surface area (TPSA) is 96.2 Å². The lowest BCUT2D eigenvalue weighted by molar-refractivity contribution is 0.302. The van der Waals surface area contributed by atoms with E-state index in [-0.39, 0.29) is 12.1 Å². The van der Waals surface area contributed by atoms with Crippen LogP contribution in [0.4, 0.5) is 5.95 Å². The third-order valence-corrected chi connectivity index (χ3v) is 3.10. The molecule has 2 aromatic rings. The summed E-state index contributed by atoms with van der Waals surface area (Å²) in [4.78, 5) is 32.8. The zero-order chi connectivity index (χ0) is 14.9. The number of aliphatic hydroxyl groups is 1.